The van der Waals surface area contributed by atoms with Gasteiger partial charge in [0.1, 0.15) is 18.3 Å². The molecule has 41 heavy (non-hydrogen) atoms. The van der Waals surface area contributed by atoms with Crippen LogP contribution in [-0.2, 0) is 26.2 Å². The van der Waals surface area contributed by atoms with Crippen LogP contribution in [0, 0.1) is 6.92 Å². The monoisotopic (exact) mass is 599 g/mol. The van der Waals surface area contributed by atoms with E-state index in [9.17, 15) is 18.0 Å². The number of anilines is 1. The summed E-state index contributed by atoms with van der Waals surface area (Å²) in [5.74, 6) is -0.581. The lowest BCUT2D eigenvalue weighted by Crippen LogP contribution is -2.55. The van der Waals surface area contributed by atoms with Crippen LogP contribution in [0.5, 0.6) is 5.75 Å². The first-order valence-corrected chi connectivity index (χ1v) is 15.2. The largest absolute Gasteiger partial charge is 0.495 e. The smallest absolute Gasteiger partial charge is 0.264 e. The normalized spacial score (nSPS) is 12.4. The Hall–Kier alpha value is -3.56. The number of hydrogen-bond donors (Lipinski definition) is 1. The summed E-state index contributed by atoms with van der Waals surface area (Å²) in [6.45, 7) is 8.79. The SMILES string of the molecule is CC[C@H](C(=O)NC(C)(C)C)N(Cc1ccc(Cl)cc1)C(=O)CN(c1ccccc1OC)S(=O)(=O)c1ccc(C)cc1. The summed E-state index contributed by atoms with van der Waals surface area (Å²) in [7, 11) is -2.77. The van der Waals surface area contributed by atoms with Crippen molar-refractivity contribution >= 4 is 39.1 Å². The standard InChI is InChI=1S/C31H38ClN3O5S/c1-7-26(30(37)33-31(3,4)5)34(20-23-14-16-24(32)17-15-23)29(36)21-35(27-10-8-9-11-28(27)40-6)41(38,39)25-18-12-22(2)13-19-25/h8-19,26H,7,20-21H2,1-6H3,(H,33,37)/t26-/m1/s1. The molecule has 0 aliphatic heterocycles. The van der Waals surface area contributed by atoms with Crippen molar-refractivity contribution in [2.24, 2.45) is 0 Å². The number of hydrogen-bond acceptors (Lipinski definition) is 5. The Balaban J connectivity index is 2.10. The van der Waals surface area contributed by atoms with Crippen LogP contribution < -0.4 is 14.4 Å². The van der Waals surface area contributed by atoms with Crippen LogP contribution in [0.15, 0.2) is 77.7 Å². The summed E-state index contributed by atoms with van der Waals surface area (Å²) in [6, 6.07) is 19.2. The van der Waals surface area contributed by atoms with Crippen LogP contribution in [0.3, 0.4) is 0 Å². The third-order valence-electron chi connectivity index (χ3n) is 6.39. The summed E-state index contributed by atoms with van der Waals surface area (Å²) < 4.78 is 34.6. The van der Waals surface area contributed by atoms with Crippen molar-refractivity contribution in [2.75, 3.05) is 18.0 Å². The molecule has 8 nitrogen and oxygen atoms in total. The van der Waals surface area contributed by atoms with Gasteiger partial charge in [0.2, 0.25) is 11.8 Å². The van der Waals surface area contributed by atoms with Crippen molar-refractivity contribution < 1.29 is 22.7 Å². The second-order valence-corrected chi connectivity index (χ2v) is 13.1. The number of sulfonamides is 1. The summed E-state index contributed by atoms with van der Waals surface area (Å²) in [4.78, 5) is 29.0. The van der Waals surface area contributed by atoms with E-state index in [1.807, 2.05) is 34.6 Å². The van der Waals surface area contributed by atoms with Gasteiger partial charge in [-0.1, -0.05) is 60.5 Å². The van der Waals surface area contributed by atoms with Gasteiger partial charge in [-0.2, -0.15) is 0 Å². The number of halogens is 1. The van der Waals surface area contributed by atoms with Gasteiger partial charge >= 0.3 is 0 Å². The van der Waals surface area contributed by atoms with Crippen LogP contribution in [0.4, 0.5) is 5.69 Å². The Kier molecular flexibility index (Phi) is 10.4. The van der Waals surface area contributed by atoms with Gasteiger partial charge in [-0.15, -0.1) is 0 Å². The zero-order valence-corrected chi connectivity index (χ0v) is 25.9. The number of carbonyl (C=O) groups excluding carboxylic acids is 2. The van der Waals surface area contributed by atoms with Gasteiger partial charge in [-0.3, -0.25) is 13.9 Å². The highest BCUT2D eigenvalue weighted by molar-refractivity contribution is 7.92. The second-order valence-electron chi connectivity index (χ2n) is 10.8. The molecule has 0 bridgehead atoms. The molecule has 0 saturated heterocycles. The quantitative estimate of drug-likeness (QED) is 0.311. The fourth-order valence-electron chi connectivity index (χ4n) is 4.35. The predicted molar refractivity (Wildman–Crippen MR) is 163 cm³/mol. The molecule has 3 rings (SSSR count). The number of amides is 2. The van der Waals surface area contributed by atoms with Crippen molar-refractivity contribution in [1.82, 2.24) is 10.2 Å². The fourth-order valence-corrected chi connectivity index (χ4v) is 5.90. The Labute approximate surface area is 248 Å². The van der Waals surface area contributed by atoms with Crippen molar-refractivity contribution in [1.29, 1.82) is 0 Å². The maximum atomic E-state index is 14.2. The molecule has 10 heteroatoms. The first-order valence-electron chi connectivity index (χ1n) is 13.3. The van der Waals surface area contributed by atoms with Crippen LogP contribution >= 0.6 is 11.6 Å². The molecule has 2 amide bonds. The molecule has 0 saturated carbocycles. The fraction of sp³-hybridized carbons (Fsp3) is 0.355. The van der Waals surface area contributed by atoms with Gasteiger partial charge in [0, 0.05) is 17.1 Å². The summed E-state index contributed by atoms with van der Waals surface area (Å²) in [6.07, 6.45) is 0.320. The molecule has 3 aromatic rings. The molecule has 0 fully saturated rings. The molecule has 0 heterocycles. The lowest BCUT2D eigenvalue weighted by atomic mass is 10.1. The molecule has 1 atom stereocenters. The molecule has 0 aliphatic rings. The number of nitrogens with zero attached hydrogens (tertiary/aromatic N) is 2. The molecule has 0 radical (unpaired) electrons. The van der Waals surface area contributed by atoms with E-state index < -0.39 is 34.1 Å². The molecule has 220 valence electrons. The van der Waals surface area contributed by atoms with Crippen LogP contribution in [0.1, 0.15) is 45.2 Å². The first kappa shape index (κ1) is 32.0. The number of methoxy groups -OCH3 is 1. The number of nitrogens with one attached hydrogen (secondary N) is 1. The molecule has 0 aromatic heterocycles. The highest BCUT2D eigenvalue weighted by atomic mass is 35.5. The van der Waals surface area contributed by atoms with Gasteiger partial charge in [-0.05, 0) is 76.1 Å². The van der Waals surface area contributed by atoms with E-state index in [-0.39, 0.29) is 28.8 Å². The molecular formula is C31H38ClN3O5S. The van der Waals surface area contributed by atoms with Gasteiger partial charge in [0.15, 0.2) is 0 Å². The van der Waals surface area contributed by atoms with E-state index in [1.165, 1.54) is 24.1 Å². The number of para-hydroxylation sites is 2. The van der Waals surface area contributed by atoms with E-state index in [2.05, 4.69) is 5.32 Å². The minimum absolute atomic E-state index is 0.0311. The first-order chi connectivity index (χ1) is 19.3. The zero-order chi connectivity index (χ0) is 30.4. The Morgan fingerprint density at radius 3 is 2.15 bits per heavy atom. The summed E-state index contributed by atoms with van der Waals surface area (Å²) in [5, 5.41) is 3.50. The molecular weight excluding hydrogens is 562 g/mol. The minimum Gasteiger partial charge on any atom is -0.495 e. The molecule has 0 spiro atoms. The van der Waals surface area contributed by atoms with Gasteiger partial charge in [0.05, 0.1) is 17.7 Å². The lowest BCUT2D eigenvalue weighted by Gasteiger charge is -2.35. The number of carbonyl (C=O) groups is 2. The number of aryl methyl sites for hydroxylation is 1. The Morgan fingerprint density at radius 2 is 1.59 bits per heavy atom. The van der Waals surface area contributed by atoms with E-state index in [0.29, 0.717) is 11.4 Å². The highest BCUT2D eigenvalue weighted by Gasteiger charge is 2.35. The lowest BCUT2D eigenvalue weighted by molar-refractivity contribution is -0.141. The molecule has 3 aromatic carbocycles. The molecule has 0 aliphatic carbocycles. The molecule has 1 N–H and O–H groups in total. The van der Waals surface area contributed by atoms with Crippen molar-refractivity contribution in [3.8, 4) is 5.75 Å². The van der Waals surface area contributed by atoms with Crippen molar-refractivity contribution in [2.45, 2.75) is 64.1 Å². The van der Waals surface area contributed by atoms with Gasteiger partial charge in [-0.25, -0.2) is 8.42 Å². The van der Waals surface area contributed by atoms with E-state index >= 15 is 0 Å². The zero-order valence-electron chi connectivity index (χ0n) is 24.3. The molecule has 0 unspecified atom stereocenters. The average Bonchev–Trinajstić information content (AvgIpc) is 2.91. The third kappa shape index (κ3) is 8.24. The van der Waals surface area contributed by atoms with Gasteiger partial charge < -0.3 is 15.0 Å². The number of benzene rings is 3. The highest BCUT2D eigenvalue weighted by Crippen LogP contribution is 2.32. The van der Waals surface area contributed by atoms with E-state index in [4.69, 9.17) is 16.3 Å². The van der Waals surface area contributed by atoms with Crippen molar-refractivity contribution in [3.63, 3.8) is 0 Å². The van der Waals surface area contributed by atoms with E-state index in [0.717, 1.165) is 15.4 Å². The van der Waals surface area contributed by atoms with Gasteiger partial charge in [0.25, 0.3) is 10.0 Å². The second kappa shape index (κ2) is 13.4. The third-order valence-corrected chi connectivity index (χ3v) is 8.42. The summed E-state index contributed by atoms with van der Waals surface area (Å²) >= 11 is 6.08. The van der Waals surface area contributed by atoms with Crippen LogP contribution in [0.25, 0.3) is 0 Å². The number of rotatable bonds is 11. The van der Waals surface area contributed by atoms with Crippen LogP contribution in [-0.4, -0.2) is 50.4 Å². The van der Waals surface area contributed by atoms with Crippen LogP contribution in [0.2, 0.25) is 5.02 Å². The van der Waals surface area contributed by atoms with Crippen molar-refractivity contribution in [3.05, 3.63) is 88.9 Å². The predicted octanol–water partition coefficient (Wildman–Crippen LogP) is 5.57. The average molecular weight is 600 g/mol. The Bertz CT molecular complexity index is 1450. The maximum absolute atomic E-state index is 14.2. The minimum atomic E-state index is -4.20. The number of ether oxygens (including phenoxy) is 1. The maximum Gasteiger partial charge on any atom is 0.264 e. The summed E-state index contributed by atoms with van der Waals surface area (Å²) in [5.41, 5.74) is 1.32. The van der Waals surface area contributed by atoms with E-state index in [1.54, 1.807) is 60.7 Å². The topological polar surface area (TPSA) is 96.0 Å². The Morgan fingerprint density at radius 1 is 0.976 bits per heavy atom.